The van der Waals surface area contributed by atoms with Gasteiger partial charge >= 0.3 is 0 Å². The Morgan fingerprint density at radius 2 is 1.96 bits per heavy atom. The van der Waals surface area contributed by atoms with Gasteiger partial charge in [0.1, 0.15) is 0 Å². The topological polar surface area (TPSA) is 106 Å². The van der Waals surface area contributed by atoms with Crippen LogP contribution in [-0.4, -0.2) is 48.2 Å². The lowest BCUT2D eigenvalue weighted by Crippen LogP contribution is -2.47. The van der Waals surface area contributed by atoms with Crippen LogP contribution in [0.15, 0.2) is 34.2 Å². The van der Waals surface area contributed by atoms with Crippen molar-refractivity contribution in [2.24, 2.45) is 15.5 Å². The zero-order chi connectivity index (χ0) is 19.0. The first-order valence-electron chi connectivity index (χ1n) is 8.94. The maximum Gasteiger partial charge on any atom is 0.238 e. The summed E-state index contributed by atoms with van der Waals surface area (Å²) in [6.45, 7) is 2.40. The van der Waals surface area contributed by atoms with Crippen molar-refractivity contribution in [3.05, 3.63) is 29.8 Å². The van der Waals surface area contributed by atoms with Crippen LogP contribution in [0.5, 0.6) is 0 Å². The van der Waals surface area contributed by atoms with Gasteiger partial charge in [-0.3, -0.25) is 4.99 Å². The number of hydrogen-bond donors (Lipinski definition) is 3. The van der Waals surface area contributed by atoms with Gasteiger partial charge in [-0.1, -0.05) is 18.6 Å². The first-order valence-corrected chi connectivity index (χ1v) is 10.5. The van der Waals surface area contributed by atoms with E-state index in [1.807, 2.05) is 0 Å². The summed E-state index contributed by atoms with van der Waals surface area (Å²) in [4.78, 5) is 4.41. The first kappa shape index (κ1) is 20.7. The number of benzene rings is 1. The highest BCUT2D eigenvalue weighted by Crippen LogP contribution is 2.43. The minimum absolute atomic E-state index is 0.133. The molecule has 0 bridgehead atoms. The van der Waals surface area contributed by atoms with E-state index in [-0.39, 0.29) is 4.90 Å². The van der Waals surface area contributed by atoms with E-state index in [0.29, 0.717) is 12.0 Å². The number of nitrogens with one attached hydrogen (secondary N) is 2. The highest BCUT2D eigenvalue weighted by molar-refractivity contribution is 7.89. The Morgan fingerprint density at radius 1 is 1.27 bits per heavy atom. The molecule has 0 saturated heterocycles. The van der Waals surface area contributed by atoms with Crippen molar-refractivity contribution in [2.75, 3.05) is 33.9 Å². The van der Waals surface area contributed by atoms with E-state index >= 15 is 0 Å². The summed E-state index contributed by atoms with van der Waals surface area (Å²) < 4.78 is 27.8. The Morgan fingerprint density at radius 3 is 2.46 bits per heavy atom. The molecule has 8 heteroatoms. The predicted molar refractivity (Wildman–Crippen MR) is 104 cm³/mol. The second kappa shape index (κ2) is 9.34. The van der Waals surface area contributed by atoms with E-state index in [2.05, 4.69) is 15.6 Å². The molecule has 0 spiro atoms. The van der Waals surface area contributed by atoms with E-state index in [4.69, 9.17) is 9.88 Å². The molecule has 0 heterocycles. The number of nitrogens with two attached hydrogens (primary N) is 1. The van der Waals surface area contributed by atoms with Crippen molar-refractivity contribution in [3.8, 4) is 0 Å². The van der Waals surface area contributed by atoms with E-state index in [9.17, 15) is 8.42 Å². The molecule has 2 rings (SSSR count). The molecule has 0 amide bonds. The monoisotopic (exact) mass is 382 g/mol. The Labute approximate surface area is 156 Å². The fourth-order valence-electron chi connectivity index (χ4n) is 3.17. The lowest BCUT2D eigenvalue weighted by molar-refractivity contribution is 0.0732. The van der Waals surface area contributed by atoms with Crippen LogP contribution in [-0.2, 0) is 21.2 Å². The van der Waals surface area contributed by atoms with Gasteiger partial charge in [-0.05, 0) is 48.8 Å². The number of methoxy groups -OCH3 is 1. The van der Waals surface area contributed by atoms with Crippen LogP contribution in [0.2, 0.25) is 0 Å². The summed E-state index contributed by atoms with van der Waals surface area (Å²) in [5.41, 5.74) is 1.37. The number of ether oxygens (including phenoxy) is 1. The third-order valence-electron chi connectivity index (χ3n) is 5.06. The summed E-state index contributed by atoms with van der Waals surface area (Å²) in [5.74, 6) is 0.787. The first-order chi connectivity index (χ1) is 12.4. The Hall–Kier alpha value is -1.64. The van der Waals surface area contributed by atoms with Crippen molar-refractivity contribution in [3.63, 3.8) is 0 Å². The Bertz CT molecular complexity index is 698. The van der Waals surface area contributed by atoms with Crippen LogP contribution in [0.3, 0.4) is 0 Å². The van der Waals surface area contributed by atoms with Gasteiger partial charge in [0.2, 0.25) is 10.0 Å². The van der Waals surface area contributed by atoms with E-state index in [1.165, 1.54) is 31.4 Å². The summed E-state index contributed by atoms with van der Waals surface area (Å²) in [6, 6.07) is 6.64. The van der Waals surface area contributed by atoms with Gasteiger partial charge in [-0.15, -0.1) is 0 Å². The van der Waals surface area contributed by atoms with Crippen LogP contribution in [0.1, 0.15) is 31.2 Å². The lowest BCUT2D eigenvalue weighted by atomic mass is 9.67. The normalized spacial score (nSPS) is 16.8. The number of aliphatic imine (C=N–C) groups is 1. The molecular formula is C18H30N4O3S. The minimum atomic E-state index is -3.64. The second-order valence-electron chi connectivity index (χ2n) is 6.89. The van der Waals surface area contributed by atoms with Gasteiger partial charge < -0.3 is 15.4 Å². The Kier molecular flexibility index (Phi) is 7.43. The van der Waals surface area contributed by atoms with E-state index < -0.39 is 10.0 Å². The molecule has 0 atom stereocenters. The maximum absolute atomic E-state index is 11.3. The van der Waals surface area contributed by atoms with Crippen molar-refractivity contribution in [2.45, 2.75) is 37.0 Å². The summed E-state index contributed by atoms with van der Waals surface area (Å²) >= 11 is 0. The van der Waals surface area contributed by atoms with E-state index in [0.717, 1.165) is 37.5 Å². The fourth-order valence-corrected chi connectivity index (χ4v) is 3.69. The summed E-state index contributed by atoms with van der Waals surface area (Å²) in [6.07, 6.45) is 5.59. The molecule has 1 aromatic rings. The average molecular weight is 383 g/mol. The third-order valence-corrected chi connectivity index (χ3v) is 5.99. The number of hydrogen-bond acceptors (Lipinski definition) is 4. The van der Waals surface area contributed by atoms with Gasteiger partial charge in [0, 0.05) is 33.9 Å². The third kappa shape index (κ3) is 5.96. The molecule has 1 aromatic carbocycles. The van der Waals surface area contributed by atoms with Crippen LogP contribution < -0.4 is 15.8 Å². The van der Waals surface area contributed by atoms with Gasteiger partial charge in [0.15, 0.2) is 5.96 Å². The molecule has 0 aliphatic heterocycles. The smallest absolute Gasteiger partial charge is 0.238 e. The van der Waals surface area contributed by atoms with Crippen molar-refractivity contribution >= 4 is 16.0 Å². The molecule has 4 N–H and O–H groups in total. The van der Waals surface area contributed by atoms with Crippen LogP contribution in [0.4, 0.5) is 0 Å². The second-order valence-corrected chi connectivity index (χ2v) is 8.45. The van der Waals surface area contributed by atoms with Gasteiger partial charge in [-0.2, -0.15) is 0 Å². The largest absolute Gasteiger partial charge is 0.385 e. The molecule has 1 fully saturated rings. The number of sulfonamides is 1. The zero-order valence-corrected chi connectivity index (χ0v) is 16.4. The quantitative estimate of drug-likeness (QED) is 0.440. The average Bonchev–Trinajstić information content (AvgIpc) is 2.58. The van der Waals surface area contributed by atoms with Crippen molar-refractivity contribution < 1.29 is 13.2 Å². The SMILES string of the molecule is CN=C(NCCc1ccc(S(N)(=O)=O)cc1)NCC1(CCOC)CCC1. The fraction of sp³-hybridized carbons (Fsp3) is 0.611. The van der Waals surface area contributed by atoms with Crippen LogP contribution >= 0.6 is 0 Å². The van der Waals surface area contributed by atoms with Crippen LogP contribution in [0.25, 0.3) is 0 Å². The number of guanidine groups is 1. The number of rotatable bonds is 9. The molecule has 0 radical (unpaired) electrons. The van der Waals surface area contributed by atoms with Gasteiger partial charge in [0.05, 0.1) is 4.90 Å². The molecule has 1 aliphatic carbocycles. The number of primary sulfonamides is 1. The van der Waals surface area contributed by atoms with Gasteiger partial charge in [-0.25, -0.2) is 13.6 Å². The molecule has 0 aromatic heterocycles. The summed E-state index contributed by atoms with van der Waals surface area (Å²) in [5, 5.41) is 11.8. The lowest BCUT2D eigenvalue weighted by Gasteiger charge is -2.42. The van der Waals surface area contributed by atoms with E-state index in [1.54, 1.807) is 26.3 Å². The molecule has 0 unspecified atom stereocenters. The Balaban J connectivity index is 1.76. The minimum Gasteiger partial charge on any atom is -0.385 e. The zero-order valence-electron chi connectivity index (χ0n) is 15.6. The molecule has 26 heavy (non-hydrogen) atoms. The predicted octanol–water partition coefficient (Wildman–Crippen LogP) is 1.25. The molecule has 1 saturated carbocycles. The van der Waals surface area contributed by atoms with Crippen molar-refractivity contribution in [1.29, 1.82) is 0 Å². The standard InChI is InChI=1S/C18H30N4O3S/c1-20-17(22-14-18(9-3-10-18)11-13-25-2)21-12-8-15-4-6-16(7-5-15)26(19,23)24/h4-7H,3,8-14H2,1-2H3,(H2,19,23,24)(H2,20,21,22). The highest BCUT2D eigenvalue weighted by Gasteiger charge is 2.36. The van der Waals surface area contributed by atoms with Crippen LogP contribution in [0, 0.1) is 5.41 Å². The summed E-state index contributed by atoms with van der Waals surface area (Å²) in [7, 11) is -0.128. The van der Waals surface area contributed by atoms with Gasteiger partial charge in [0.25, 0.3) is 0 Å². The molecule has 1 aliphatic rings. The molecule has 146 valence electrons. The highest BCUT2D eigenvalue weighted by atomic mass is 32.2. The van der Waals surface area contributed by atoms with Crippen molar-refractivity contribution in [1.82, 2.24) is 10.6 Å². The molecular weight excluding hydrogens is 352 g/mol. The number of nitrogens with zero attached hydrogens (tertiary/aromatic N) is 1. The maximum atomic E-state index is 11.3. The molecule has 7 nitrogen and oxygen atoms in total.